The topological polar surface area (TPSA) is 49.4 Å². The minimum atomic E-state index is -0.235. The number of benzene rings is 1. The molecule has 0 aliphatic carbocycles. The largest absolute Gasteiger partial charge is 0.330 e. The standard InChI is InChI=1S/C14H17BrN2O2/c1-4-7-17(11(3)18)9-14(19)16-13-6-5-10(2)8-12(13)15/h4-6,8H,1,7,9H2,2-3H3,(H,16,19). The number of hydrogen-bond donors (Lipinski definition) is 1. The molecule has 0 heterocycles. The van der Waals surface area contributed by atoms with E-state index < -0.39 is 0 Å². The molecule has 0 saturated heterocycles. The Morgan fingerprint density at radius 3 is 2.68 bits per heavy atom. The molecule has 1 rings (SSSR count). The second kappa shape index (κ2) is 7.09. The van der Waals surface area contributed by atoms with E-state index in [1.165, 1.54) is 11.8 Å². The zero-order valence-corrected chi connectivity index (χ0v) is 12.7. The third-order valence-corrected chi connectivity index (χ3v) is 3.18. The van der Waals surface area contributed by atoms with Crippen LogP contribution in [0.25, 0.3) is 0 Å². The molecule has 0 bridgehead atoms. The van der Waals surface area contributed by atoms with Crippen molar-refractivity contribution < 1.29 is 9.59 Å². The molecule has 0 spiro atoms. The van der Waals surface area contributed by atoms with Crippen LogP contribution in [-0.4, -0.2) is 29.8 Å². The zero-order valence-electron chi connectivity index (χ0n) is 11.1. The van der Waals surface area contributed by atoms with E-state index in [-0.39, 0.29) is 18.4 Å². The Kier molecular flexibility index (Phi) is 5.76. The molecule has 4 nitrogen and oxygen atoms in total. The third-order valence-electron chi connectivity index (χ3n) is 2.53. The van der Waals surface area contributed by atoms with Gasteiger partial charge in [0.1, 0.15) is 6.54 Å². The van der Waals surface area contributed by atoms with E-state index in [2.05, 4.69) is 27.8 Å². The zero-order chi connectivity index (χ0) is 14.4. The van der Waals surface area contributed by atoms with Crippen LogP contribution in [-0.2, 0) is 9.59 Å². The number of nitrogens with one attached hydrogen (secondary N) is 1. The smallest absolute Gasteiger partial charge is 0.244 e. The number of carbonyl (C=O) groups is 2. The summed E-state index contributed by atoms with van der Waals surface area (Å²) >= 11 is 3.39. The maximum atomic E-state index is 11.9. The van der Waals surface area contributed by atoms with E-state index in [1.54, 1.807) is 6.08 Å². The van der Waals surface area contributed by atoms with Gasteiger partial charge in [0.05, 0.1) is 5.69 Å². The summed E-state index contributed by atoms with van der Waals surface area (Å²) in [6, 6.07) is 5.65. The van der Waals surface area contributed by atoms with Gasteiger partial charge in [0, 0.05) is 17.9 Å². The van der Waals surface area contributed by atoms with E-state index in [9.17, 15) is 9.59 Å². The van der Waals surface area contributed by atoms with Gasteiger partial charge < -0.3 is 10.2 Å². The molecule has 0 saturated carbocycles. The first-order valence-electron chi connectivity index (χ1n) is 5.86. The third kappa shape index (κ3) is 4.87. The van der Waals surface area contributed by atoms with E-state index in [0.717, 1.165) is 10.0 Å². The van der Waals surface area contributed by atoms with Crippen molar-refractivity contribution in [1.82, 2.24) is 4.90 Å². The summed E-state index contributed by atoms with van der Waals surface area (Å²) in [6.07, 6.45) is 1.59. The first kappa shape index (κ1) is 15.4. The molecule has 0 atom stereocenters. The van der Waals surface area contributed by atoms with Crippen molar-refractivity contribution in [2.24, 2.45) is 0 Å². The molecule has 0 fully saturated rings. The van der Waals surface area contributed by atoms with Gasteiger partial charge in [-0.15, -0.1) is 6.58 Å². The molecular formula is C14H17BrN2O2. The Bertz CT molecular complexity index is 500. The Hall–Kier alpha value is -1.62. The predicted octanol–water partition coefficient (Wildman–Crippen LogP) is 2.73. The van der Waals surface area contributed by atoms with Crippen molar-refractivity contribution in [3.05, 3.63) is 40.9 Å². The molecule has 0 aromatic heterocycles. The Morgan fingerprint density at radius 1 is 1.47 bits per heavy atom. The van der Waals surface area contributed by atoms with Crippen LogP contribution in [0.15, 0.2) is 35.3 Å². The minimum absolute atomic E-state index is 0.0155. The lowest BCUT2D eigenvalue weighted by atomic mass is 10.2. The molecule has 1 aromatic rings. The fraction of sp³-hybridized carbons (Fsp3) is 0.286. The van der Waals surface area contributed by atoms with Crippen LogP contribution < -0.4 is 5.32 Å². The van der Waals surface area contributed by atoms with E-state index in [1.807, 2.05) is 25.1 Å². The number of amides is 2. The summed E-state index contributed by atoms with van der Waals surface area (Å²) in [4.78, 5) is 24.6. The van der Waals surface area contributed by atoms with Gasteiger partial charge in [0.15, 0.2) is 0 Å². The Morgan fingerprint density at radius 2 is 2.16 bits per heavy atom. The van der Waals surface area contributed by atoms with Crippen LogP contribution in [0.4, 0.5) is 5.69 Å². The highest BCUT2D eigenvalue weighted by molar-refractivity contribution is 9.10. The number of rotatable bonds is 5. The fourth-order valence-corrected chi connectivity index (χ4v) is 2.14. The average Bonchev–Trinajstić information content (AvgIpc) is 2.32. The van der Waals surface area contributed by atoms with E-state index in [0.29, 0.717) is 12.2 Å². The number of nitrogens with zero attached hydrogens (tertiary/aromatic N) is 1. The van der Waals surface area contributed by atoms with Gasteiger partial charge in [0.25, 0.3) is 0 Å². The molecule has 102 valence electrons. The van der Waals surface area contributed by atoms with Crippen LogP contribution in [0.2, 0.25) is 0 Å². The lowest BCUT2D eigenvalue weighted by Gasteiger charge is -2.18. The molecule has 0 aliphatic rings. The molecule has 2 amide bonds. The van der Waals surface area contributed by atoms with Gasteiger partial charge in [-0.05, 0) is 40.5 Å². The van der Waals surface area contributed by atoms with Crippen molar-refractivity contribution in [3.8, 4) is 0 Å². The van der Waals surface area contributed by atoms with Crippen LogP contribution in [0.3, 0.4) is 0 Å². The van der Waals surface area contributed by atoms with Gasteiger partial charge in [0.2, 0.25) is 11.8 Å². The molecular weight excluding hydrogens is 308 g/mol. The number of aryl methyl sites for hydroxylation is 1. The van der Waals surface area contributed by atoms with Gasteiger partial charge >= 0.3 is 0 Å². The molecule has 5 heteroatoms. The lowest BCUT2D eigenvalue weighted by Crippen LogP contribution is -2.36. The van der Waals surface area contributed by atoms with Crippen molar-refractivity contribution in [3.63, 3.8) is 0 Å². The highest BCUT2D eigenvalue weighted by Crippen LogP contribution is 2.23. The molecule has 1 aromatic carbocycles. The summed E-state index contributed by atoms with van der Waals surface area (Å²) in [6.45, 7) is 7.34. The fourth-order valence-electron chi connectivity index (χ4n) is 1.54. The van der Waals surface area contributed by atoms with Crippen LogP contribution in [0, 0.1) is 6.92 Å². The summed E-state index contributed by atoms with van der Waals surface area (Å²) < 4.78 is 0.818. The number of halogens is 1. The quantitative estimate of drug-likeness (QED) is 0.846. The van der Waals surface area contributed by atoms with Crippen LogP contribution >= 0.6 is 15.9 Å². The molecule has 1 N–H and O–H groups in total. The van der Waals surface area contributed by atoms with Crippen molar-refractivity contribution in [2.75, 3.05) is 18.4 Å². The first-order chi connectivity index (χ1) is 8.93. The van der Waals surface area contributed by atoms with Gasteiger partial charge in [-0.3, -0.25) is 9.59 Å². The number of anilines is 1. The Balaban J connectivity index is 2.68. The molecule has 0 aliphatic heterocycles. The second-order valence-electron chi connectivity index (χ2n) is 4.22. The predicted molar refractivity (Wildman–Crippen MR) is 80.0 cm³/mol. The van der Waals surface area contributed by atoms with Gasteiger partial charge in [-0.25, -0.2) is 0 Å². The lowest BCUT2D eigenvalue weighted by molar-refractivity contribution is -0.132. The maximum Gasteiger partial charge on any atom is 0.244 e. The summed E-state index contributed by atoms with van der Waals surface area (Å²) in [5.41, 5.74) is 1.79. The van der Waals surface area contributed by atoms with Crippen LogP contribution in [0.5, 0.6) is 0 Å². The summed E-state index contributed by atoms with van der Waals surface area (Å²) in [7, 11) is 0. The summed E-state index contributed by atoms with van der Waals surface area (Å²) in [5, 5.41) is 2.77. The highest BCUT2D eigenvalue weighted by atomic mass is 79.9. The van der Waals surface area contributed by atoms with E-state index in [4.69, 9.17) is 0 Å². The van der Waals surface area contributed by atoms with Crippen molar-refractivity contribution in [1.29, 1.82) is 0 Å². The first-order valence-corrected chi connectivity index (χ1v) is 6.65. The minimum Gasteiger partial charge on any atom is -0.330 e. The maximum absolute atomic E-state index is 11.9. The summed E-state index contributed by atoms with van der Waals surface area (Å²) in [5.74, 6) is -0.389. The highest BCUT2D eigenvalue weighted by Gasteiger charge is 2.13. The van der Waals surface area contributed by atoms with Crippen molar-refractivity contribution >= 4 is 33.4 Å². The van der Waals surface area contributed by atoms with Gasteiger partial charge in [-0.1, -0.05) is 12.1 Å². The average molecular weight is 325 g/mol. The second-order valence-corrected chi connectivity index (χ2v) is 5.07. The van der Waals surface area contributed by atoms with Gasteiger partial charge in [-0.2, -0.15) is 0 Å². The van der Waals surface area contributed by atoms with Crippen LogP contribution in [0.1, 0.15) is 12.5 Å². The molecule has 0 unspecified atom stereocenters. The normalized spacial score (nSPS) is 9.84. The SMILES string of the molecule is C=CCN(CC(=O)Nc1ccc(C)cc1Br)C(C)=O. The molecule has 19 heavy (non-hydrogen) atoms. The number of carbonyl (C=O) groups excluding carboxylic acids is 2. The number of hydrogen-bond acceptors (Lipinski definition) is 2. The molecule has 0 radical (unpaired) electrons. The Labute approximate surface area is 121 Å². The monoisotopic (exact) mass is 324 g/mol. The van der Waals surface area contributed by atoms with Crippen molar-refractivity contribution in [2.45, 2.75) is 13.8 Å². The van der Waals surface area contributed by atoms with E-state index >= 15 is 0 Å².